The minimum absolute atomic E-state index is 0.0338. The van der Waals surface area contributed by atoms with Crippen molar-refractivity contribution in [3.8, 4) is 0 Å². The van der Waals surface area contributed by atoms with Gasteiger partial charge in [0.15, 0.2) is 0 Å². The molecule has 0 aliphatic carbocycles. The lowest BCUT2D eigenvalue weighted by atomic mass is 10.1. The van der Waals surface area contributed by atoms with Crippen LogP contribution < -0.4 is 9.62 Å². The molecule has 2 rings (SSSR count). The Hall–Kier alpha value is -2.29. The normalized spacial score (nSPS) is 13.1. The van der Waals surface area contributed by atoms with E-state index in [-0.39, 0.29) is 43.8 Å². The maximum atomic E-state index is 13.4. The predicted molar refractivity (Wildman–Crippen MR) is 147 cm³/mol. The number of nitrogens with zero attached hydrogens (tertiary/aromatic N) is 2. The van der Waals surface area contributed by atoms with Crippen molar-refractivity contribution in [2.45, 2.75) is 65.6 Å². The number of carbonyl (C=O) groups excluding carboxylic acids is 2. The first-order valence-corrected chi connectivity index (χ1v) is 14.5. The molecule has 2 aromatic carbocycles. The number of halogens is 2. The zero-order valence-corrected chi connectivity index (χ0v) is 23.8. The van der Waals surface area contributed by atoms with Crippen LogP contribution in [0.5, 0.6) is 0 Å². The van der Waals surface area contributed by atoms with E-state index in [1.54, 1.807) is 37.3 Å². The highest BCUT2D eigenvalue weighted by atomic mass is 35.5. The monoisotopic (exact) mass is 555 g/mol. The SMILES string of the molecule is CC[C@@H](C)NC(=O)[C@@H](C)N(Cc1ccc(Cl)cc1Cl)C(=O)CCCN(c1ccccc1C)S(C)(=O)=O. The third-order valence-corrected chi connectivity index (χ3v) is 7.83. The summed E-state index contributed by atoms with van der Waals surface area (Å²) in [5.74, 6) is -0.536. The van der Waals surface area contributed by atoms with E-state index in [4.69, 9.17) is 23.2 Å². The van der Waals surface area contributed by atoms with E-state index in [1.165, 1.54) is 9.21 Å². The number of anilines is 1. The van der Waals surface area contributed by atoms with Gasteiger partial charge in [0.2, 0.25) is 21.8 Å². The predicted octanol–water partition coefficient (Wildman–Crippen LogP) is 5.18. The van der Waals surface area contributed by atoms with Gasteiger partial charge in [0, 0.05) is 35.6 Å². The van der Waals surface area contributed by atoms with Crippen LogP contribution in [0.25, 0.3) is 0 Å². The van der Waals surface area contributed by atoms with Crippen LogP contribution >= 0.6 is 23.2 Å². The lowest BCUT2D eigenvalue weighted by Gasteiger charge is -2.30. The number of sulfonamides is 1. The largest absolute Gasteiger partial charge is 0.352 e. The van der Waals surface area contributed by atoms with Gasteiger partial charge in [0.05, 0.1) is 11.9 Å². The molecule has 0 spiro atoms. The molecule has 0 bridgehead atoms. The van der Waals surface area contributed by atoms with Gasteiger partial charge in [-0.05, 0) is 62.9 Å². The van der Waals surface area contributed by atoms with Gasteiger partial charge in [-0.15, -0.1) is 0 Å². The Kier molecular flexibility index (Phi) is 11.1. The van der Waals surface area contributed by atoms with Crippen LogP contribution in [0.15, 0.2) is 42.5 Å². The quantitative estimate of drug-likeness (QED) is 0.391. The molecule has 198 valence electrons. The van der Waals surface area contributed by atoms with Crippen molar-refractivity contribution in [2.75, 3.05) is 17.1 Å². The summed E-state index contributed by atoms with van der Waals surface area (Å²) >= 11 is 12.4. The van der Waals surface area contributed by atoms with E-state index in [1.807, 2.05) is 32.9 Å². The highest BCUT2D eigenvalue weighted by Gasteiger charge is 2.28. The van der Waals surface area contributed by atoms with Gasteiger partial charge in [-0.3, -0.25) is 13.9 Å². The third kappa shape index (κ3) is 8.39. The van der Waals surface area contributed by atoms with Crippen LogP contribution in [-0.2, 0) is 26.2 Å². The minimum Gasteiger partial charge on any atom is -0.352 e. The molecule has 0 fully saturated rings. The highest BCUT2D eigenvalue weighted by Crippen LogP contribution is 2.25. The number of carbonyl (C=O) groups is 2. The molecule has 2 amide bonds. The number of hydrogen-bond acceptors (Lipinski definition) is 4. The summed E-state index contributed by atoms with van der Waals surface area (Å²) in [5, 5.41) is 3.80. The lowest BCUT2D eigenvalue weighted by molar-refractivity contribution is -0.140. The average Bonchev–Trinajstić information content (AvgIpc) is 2.80. The number of hydrogen-bond donors (Lipinski definition) is 1. The van der Waals surface area contributed by atoms with E-state index < -0.39 is 16.1 Å². The van der Waals surface area contributed by atoms with E-state index in [2.05, 4.69) is 5.32 Å². The molecule has 0 saturated heterocycles. The number of nitrogens with one attached hydrogen (secondary N) is 1. The number of aryl methyl sites for hydroxylation is 1. The maximum absolute atomic E-state index is 13.4. The Morgan fingerprint density at radius 1 is 1.08 bits per heavy atom. The van der Waals surface area contributed by atoms with Crippen LogP contribution in [0.3, 0.4) is 0 Å². The van der Waals surface area contributed by atoms with Crippen molar-refractivity contribution in [1.82, 2.24) is 10.2 Å². The van der Waals surface area contributed by atoms with Crippen molar-refractivity contribution < 1.29 is 18.0 Å². The van der Waals surface area contributed by atoms with Crippen LogP contribution in [0.4, 0.5) is 5.69 Å². The molecular weight excluding hydrogens is 521 g/mol. The van der Waals surface area contributed by atoms with Crippen LogP contribution in [0, 0.1) is 6.92 Å². The van der Waals surface area contributed by atoms with Crippen molar-refractivity contribution in [1.29, 1.82) is 0 Å². The van der Waals surface area contributed by atoms with Gasteiger partial charge in [0.1, 0.15) is 6.04 Å². The summed E-state index contributed by atoms with van der Waals surface area (Å²) in [6.45, 7) is 7.64. The van der Waals surface area contributed by atoms with Gasteiger partial charge in [-0.25, -0.2) is 8.42 Å². The summed E-state index contributed by atoms with van der Waals surface area (Å²) < 4.78 is 26.3. The van der Waals surface area contributed by atoms with Gasteiger partial charge < -0.3 is 10.2 Å². The van der Waals surface area contributed by atoms with Crippen molar-refractivity contribution in [3.05, 3.63) is 63.6 Å². The maximum Gasteiger partial charge on any atom is 0.242 e. The van der Waals surface area contributed by atoms with E-state index in [0.717, 1.165) is 18.2 Å². The molecular formula is C26H35Cl2N3O4S. The van der Waals surface area contributed by atoms with Crippen LogP contribution in [0.1, 0.15) is 51.2 Å². The lowest BCUT2D eigenvalue weighted by Crippen LogP contribution is -2.49. The number of amides is 2. The minimum atomic E-state index is -3.55. The molecule has 7 nitrogen and oxygen atoms in total. The number of para-hydroxylation sites is 1. The van der Waals surface area contributed by atoms with E-state index in [0.29, 0.717) is 21.3 Å². The summed E-state index contributed by atoms with van der Waals surface area (Å²) in [5.41, 5.74) is 2.07. The molecule has 2 aromatic rings. The molecule has 1 N–H and O–H groups in total. The van der Waals surface area contributed by atoms with Gasteiger partial charge in [-0.1, -0.05) is 54.4 Å². The molecule has 0 saturated carbocycles. The van der Waals surface area contributed by atoms with Gasteiger partial charge in [0.25, 0.3) is 0 Å². The van der Waals surface area contributed by atoms with E-state index >= 15 is 0 Å². The molecule has 0 aliphatic rings. The Morgan fingerprint density at radius 2 is 1.75 bits per heavy atom. The standard InChI is InChI=1S/C26H35Cl2N3O4S/c1-6-19(3)29-26(33)20(4)30(17-21-13-14-22(27)16-23(21)28)25(32)12-9-15-31(36(5,34)35)24-11-8-7-10-18(24)2/h7-8,10-11,13-14,16,19-20H,6,9,12,15,17H2,1-5H3,(H,29,33)/t19-,20-/m1/s1. The summed E-state index contributed by atoms with van der Waals surface area (Å²) in [6.07, 6.45) is 2.25. The number of rotatable bonds is 12. The fraction of sp³-hybridized carbons (Fsp3) is 0.462. The second-order valence-corrected chi connectivity index (χ2v) is 11.7. The summed E-state index contributed by atoms with van der Waals surface area (Å²) in [7, 11) is -3.55. The Balaban J connectivity index is 2.22. The third-order valence-electron chi connectivity index (χ3n) is 6.06. The Bertz CT molecular complexity index is 1170. The fourth-order valence-corrected chi connectivity index (χ4v) is 5.20. The molecule has 36 heavy (non-hydrogen) atoms. The van der Waals surface area contributed by atoms with Crippen molar-refractivity contribution in [3.63, 3.8) is 0 Å². The van der Waals surface area contributed by atoms with Crippen LogP contribution in [-0.4, -0.2) is 50.0 Å². The van der Waals surface area contributed by atoms with Crippen LogP contribution in [0.2, 0.25) is 10.0 Å². The van der Waals surface area contributed by atoms with Crippen molar-refractivity contribution >= 4 is 50.7 Å². The topological polar surface area (TPSA) is 86.8 Å². The number of benzene rings is 2. The molecule has 0 aromatic heterocycles. The zero-order chi connectivity index (χ0) is 27.0. The fourth-order valence-electron chi connectivity index (χ4n) is 3.71. The molecule has 10 heteroatoms. The zero-order valence-electron chi connectivity index (χ0n) is 21.4. The molecule has 0 unspecified atom stereocenters. The first-order chi connectivity index (χ1) is 16.8. The summed E-state index contributed by atoms with van der Waals surface area (Å²) in [4.78, 5) is 27.7. The van der Waals surface area contributed by atoms with E-state index in [9.17, 15) is 18.0 Å². The van der Waals surface area contributed by atoms with Crippen molar-refractivity contribution in [2.24, 2.45) is 0 Å². The van der Waals surface area contributed by atoms with Gasteiger partial charge in [-0.2, -0.15) is 0 Å². The Morgan fingerprint density at radius 3 is 2.33 bits per heavy atom. The average molecular weight is 557 g/mol. The highest BCUT2D eigenvalue weighted by molar-refractivity contribution is 7.92. The smallest absolute Gasteiger partial charge is 0.242 e. The first kappa shape index (κ1) is 29.9. The summed E-state index contributed by atoms with van der Waals surface area (Å²) in [6, 6.07) is 11.4. The second kappa shape index (κ2) is 13.3. The Labute approximate surface area is 224 Å². The van der Waals surface area contributed by atoms with Gasteiger partial charge >= 0.3 is 0 Å². The molecule has 0 radical (unpaired) electrons. The molecule has 0 heterocycles. The second-order valence-electron chi connectivity index (χ2n) is 8.98. The first-order valence-electron chi connectivity index (χ1n) is 11.9. The molecule has 0 aliphatic heterocycles. The molecule has 2 atom stereocenters.